The van der Waals surface area contributed by atoms with Crippen molar-refractivity contribution in [2.45, 2.75) is 19.8 Å². The Labute approximate surface area is 130 Å². The highest BCUT2D eigenvalue weighted by Crippen LogP contribution is 2.14. The van der Waals surface area contributed by atoms with Gasteiger partial charge in [0, 0.05) is 20.0 Å². The van der Waals surface area contributed by atoms with Crippen LogP contribution in [-0.2, 0) is 28.1 Å². The minimum Gasteiger partial charge on any atom is -0.355 e. The molecular formula is C15H21N3O3S. The van der Waals surface area contributed by atoms with E-state index in [2.05, 4.69) is 10.3 Å². The zero-order valence-corrected chi connectivity index (χ0v) is 13.7. The number of carbonyl (C=O) groups is 1. The highest BCUT2D eigenvalue weighted by Gasteiger charge is 2.15. The largest absolute Gasteiger partial charge is 0.355 e. The topological polar surface area (TPSA) is 81.1 Å². The molecule has 1 amide bonds. The number of para-hydroxylation sites is 2. The zero-order valence-electron chi connectivity index (χ0n) is 12.9. The number of fused-ring (bicyclic) bond motifs is 1. The van der Waals surface area contributed by atoms with Gasteiger partial charge in [-0.2, -0.15) is 0 Å². The van der Waals surface area contributed by atoms with Gasteiger partial charge in [-0.05, 0) is 18.6 Å². The first-order valence-corrected chi connectivity index (χ1v) is 9.12. The molecule has 7 heteroatoms. The number of amides is 1. The van der Waals surface area contributed by atoms with Crippen LogP contribution in [0.4, 0.5) is 0 Å². The SMILES string of the molecule is CCCS(=O)(=O)CC(=O)NCCc1nc2ccccc2n1C. The fourth-order valence-corrected chi connectivity index (χ4v) is 3.63. The van der Waals surface area contributed by atoms with E-state index in [1.165, 1.54) is 0 Å². The lowest BCUT2D eigenvalue weighted by molar-refractivity contribution is -0.118. The van der Waals surface area contributed by atoms with Crippen molar-refractivity contribution < 1.29 is 13.2 Å². The standard InChI is InChI=1S/C15H21N3O3S/c1-3-10-22(20,21)11-15(19)16-9-8-14-17-12-6-4-5-7-13(12)18(14)2/h4-7H,3,8-11H2,1-2H3,(H,16,19). The molecule has 0 aliphatic heterocycles. The Morgan fingerprint density at radius 3 is 2.73 bits per heavy atom. The van der Waals surface area contributed by atoms with E-state index in [1.54, 1.807) is 6.92 Å². The monoisotopic (exact) mass is 323 g/mol. The highest BCUT2D eigenvalue weighted by atomic mass is 32.2. The first kappa shape index (κ1) is 16.5. The molecule has 0 fully saturated rings. The summed E-state index contributed by atoms with van der Waals surface area (Å²) in [5, 5.41) is 2.65. The maximum absolute atomic E-state index is 11.7. The third-order valence-corrected chi connectivity index (χ3v) is 5.15. The normalized spacial score (nSPS) is 11.7. The van der Waals surface area contributed by atoms with E-state index in [-0.39, 0.29) is 5.75 Å². The van der Waals surface area contributed by atoms with E-state index in [4.69, 9.17) is 0 Å². The average Bonchev–Trinajstić information content (AvgIpc) is 2.75. The fourth-order valence-electron chi connectivity index (χ4n) is 2.37. The van der Waals surface area contributed by atoms with Gasteiger partial charge < -0.3 is 9.88 Å². The summed E-state index contributed by atoms with van der Waals surface area (Å²) in [4.78, 5) is 16.2. The van der Waals surface area contributed by atoms with Crippen LogP contribution in [-0.4, -0.2) is 41.9 Å². The van der Waals surface area contributed by atoms with Gasteiger partial charge in [-0.15, -0.1) is 0 Å². The van der Waals surface area contributed by atoms with Crippen LogP contribution in [0, 0.1) is 0 Å². The molecule has 1 aromatic carbocycles. The van der Waals surface area contributed by atoms with Gasteiger partial charge in [-0.3, -0.25) is 4.79 Å². The predicted molar refractivity (Wildman–Crippen MR) is 86.4 cm³/mol. The van der Waals surface area contributed by atoms with E-state index < -0.39 is 21.5 Å². The van der Waals surface area contributed by atoms with Gasteiger partial charge in [-0.25, -0.2) is 13.4 Å². The third-order valence-electron chi connectivity index (χ3n) is 3.42. The number of aryl methyl sites for hydroxylation is 1. The molecule has 0 saturated heterocycles. The molecule has 0 saturated carbocycles. The zero-order chi connectivity index (χ0) is 16.2. The Hall–Kier alpha value is -1.89. The second-order valence-electron chi connectivity index (χ2n) is 5.27. The Morgan fingerprint density at radius 1 is 1.32 bits per heavy atom. The number of rotatable bonds is 7. The molecule has 0 bridgehead atoms. The van der Waals surface area contributed by atoms with E-state index in [9.17, 15) is 13.2 Å². The second kappa shape index (κ2) is 6.91. The Morgan fingerprint density at radius 2 is 2.05 bits per heavy atom. The van der Waals surface area contributed by atoms with Crippen molar-refractivity contribution in [2.24, 2.45) is 7.05 Å². The summed E-state index contributed by atoms with van der Waals surface area (Å²) in [5.41, 5.74) is 1.95. The molecule has 0 atom stereocenters. The number of hydrogen-bond acceptors (Lipinski definition) is 4. The van der Waals surface area contributed by atoms with Crippen LogP contribution in [0.3, 0.4) is 0 Å². The predicted octanol–water partition coefficient (Wildman–Crippen LogP) is 1.06. The van der Waals surface area contributed by atoms with Crippen molar-refractivity contribution in [3.05, 3.63) is 30.1 Å². The molecule has 6 nitrogen and oxygen atoms in total. The quantitative estimate of drug-likeness (QED) is 0.826. The molecule has 0 unspecified atom stereocenters. The van der Waals surface area contributed by atoms with E-state index >= 15 is 0 Å². The Kier molecular flexibility index (Phi) is 5.18. The second-order valence-corrected chi connectivity index (χ2v) is 7.45. The van der Waals surface area contributed by atoms with Crippen LogP contribution in [0.2, 0.25) is 0 Å². The van der Waals surface area contributed by atoms with Crippen LogP contribution in [0.15, 0.2) is 24.3 Å². The Bertz CT molecular complexity index is 765. The molecule has 0 radical (unpaired) electrons. The molecule has 1 heterocycles. The minimum absolute atomic E-state index is 0.0468. The Balaban J connectivity index is 1.90. The first-order valence-electron chi connectivity index (χ1n) is 7.30. The number of nitrogens with zero attached hydrogens (tertiary/aromatic N) is 2. The number of carbonyl (C=O) groups excluding carboxylic acids is 1. The number of aromatic nitrogens is 2. The lowest BCUT2D eigenvalue weighted by Gasteiger charge is -2.06. The van der Waals surface area contributed by atoms with Crippen LogP contribution < -0.4 is 5.32 Å². The lowest BCUT2D eigenvalue weighted by atomic mass is 10.3. The molecule has 0 aliphatic carbocycles. The fraction of sp³-hybridized carbons (Fsp3) is 0.467. The summed E-state index contributed by atoms with van der Waals surface area (Å²) in [6, 6.07) is 7.81. The van der Waals surface area contributed by atoms with Crippen LogP contribution >= 0.6 is 0 Å². The van der Waals surface area contributed by atoms with Gasteiger partial charge in [0.05, 0.1) is 16.8 Å². The summed E-state index contributed by atoms with van der Waals surface area (Å²) < 4.78 is 25.1. The van der Waals surface area contributed by atoms with Gasteiger partial charge in [0.1, 0.15) is 11.6 Å². The van der Waals surface area contributed by atoms with Gasteiger partial charge in [0.15, 0.2) is 9.84 Å². The van der Waals surface area contributed by atoms with Gasteiger partial charge in [0.2, 0.25) is 5.91 Å². The smallest absolute Gasteiger partial charge is 0.235 e. The molecule has 0 spiro atoms. The van der Waals surface area contributed by atoms with Crippen molar-refractivity contribution in [1.82, 2.24) is 14.9 Å². The van der Waals surface area contributed by atoms with Crippen LogP contribution in [0.25, 0.3) is 11.0 Å². The lowest BCUT2D eigenvalue weighted by Crippen LogP contribution is -2.32. The van der Waals surface area contributed by atoms with Crippen molar-refractivity contribution in [3.8, 4) is 0 Å². The number of sulfone groups is 1. The van der Waals surface area contributed by atoms with E-state index in [0.29, 0.717) is 19.4 Å². The summed E-state index contributed by atoms with van der Waals surface area (Å²) in [6.07, 6.45) is 1.08. The maximum Gasteiger partial charge on any atom is 0.235 e. The summed E-state index contributed by atoms with van der Waals surface area (Å²) >= 11 is 0. The molecule has 0 aliphatic rings. The van der Waals surface area contributed by atoms with Crippen molar-refractivity contribution in [2.75, 3.05) is 18.1 Å². The van der Waals surface area contributed by atoms with Crippen LogP contribution in [0.5, 0.6) is 0 Å². The van der Waals surface area contributed by atoms with E-state index in [1.807, 2.05) is 35.9 Å². The molecule has 22 heavy (non-hydrogen) atoms. The summed E-state index contributed by atoms with van der Waals surface area (Å²) in [7, 11) is -1.36. The molecule has 120 valence electrons. The highest BCUT2D eigenvalue weighted by molar-refractivity contribution is 7.92. The summed E-state index contributed by atoms with van der Waals surface area (Å²) in [6.45, 7) is 2.15. The first-order chi connectivity index (χ1) is 10.4. The molecule has 2 aromatic rings. The van der Waals surface area contributed by atoms with Gasteiger partial charge >= 0.3 is 0 Å². The minimum atomic E-state index is -3.29. The number of benzene rings is 1. The molecular weight excluding hydrogens is 302 g/mol. The number of nitrogens with one attached hydrogen (secondary N) is 1. The maximum atomic E-state index is 11.7. The number of imidazole rings is 1. The molecule has 2 rings (SSSR count). The number of hydrogen-bond donors (Lipinski definition) is 1. The molecule has 1 aromatic heterocycles. The van der Waals surface area contributed by atoms with Crippen molar-refractivity contribution in [1.29, 1.82) is 0 Å². The average molecular weight is 323 g/mol. The molecule has 1 N–H and O–H groups in total. The third kappa shape index (κ3) is 4.07. The van der Waals surface area contributed by atoms with Gasteiger partial charge in [-0.1, -0.05) is 19.1 Å². The van der Waals surface area contributed by atoms with E-state index in [0.717, 1.165) is 16.9 Å². The van der Waals surface area contributed by atoms with Crippen molar-refractivity contribution in [3.63, 3.8) is 0 Å². The van der Waals surface area contributed by atoms with Crippen LogP contribution in [0.1, 0.15) is 19.2 Å². The van der Waals surface area contributed by atoms with Crippen molar-refractivity contribution >= 4 is 26.8 Å². The van der Waals surface area contributed by atoms with Gasteiger partial charge in [0.25, 0.3) is 0 Å². The summed E-state index contributed by atoms with van der Waals surface area (Å²) in [5.74, 6) is 0.0132.